The molecule has 3 nitrogen and oxygen atoms in total. The minimum atomic E-state index is 0.222. The van der Waals surface area contributed by atoms with Crippen LogP contribution in [0, 0.1) is 0 Å². The highest BCUT2D eigenvalue weighted by molar-refractivity contribution is 5.82. The van der Waals surface area contributed by atoms with E-state index in [1.54, 1.807) is 0 Å². The van der Waals surface area contributed by atoms with Gasteiger partial charge in [0.1, 0.15) is 5.82 Å². The predicted octanol–water partition coefficient (Wildman–Crippen LogP) is 5.65. The Balaban J connectivity index is 1.87. The van der Waals surface area contributed by atoms with Crippen molar-refractivity contribution in [2.45, 2.75) is 84.6 Å². The number of fused-ring (bicyclic) bond motifs is 1. The first-order chi connectivity index (χ1) is 12.4. The van der Waals surface area contributed by atoms with E-state index in [0.29, 0.717) is 5.82 Å². The van der Waals surface area contributed by atoms with Gasteiger partial charge < -0.3 is 11.1 Å². The molecule has 1 aromatic heterocycles. The van der Waals surface area contributed by atoms with E-state index in [0.717, 1.165) is 24.9 Å². The van der Waals surface area contributed by atoms with Gasteiger partial charge in [-0.15, -0.1) is 0 Å². The maximum absolute atomic E-state index is 6.19. The molecule has 0 radical (unpaired) electrons. The lowest BCUT2D eigenvalue weighted by atomic mass is 10.0. The zero-order chi connectivity index (χ0) is 19.0. The second-order valence-electron chi connectivity index (χ2n) is 8.50. The number of rotatable bonds is 10. The highest BCUT2D eigenvalue weighted by Gasteiger charge is 2.07. The molecule has 0 aliphatic carbocycles. The van der Waals surface area contributed by atoms with E-state index in [9.17, 15) is 0 Å². The number of nitrogens with one attached hydrogen (secondary N) is 1. The summed E-state index contributed by atoms with van der Waals surface area (Å²) in [6.45, 7) is 9.98. The van der Waals surface area contributed by atoms with Gasteiger partial charge >= 0.3 is 0 Å². The van der Waals surface area contributed by atoms with Crippen molar-refractivity contribution in [3.63, 3.8) is 0 Å². The van der Waals surface area contributed by atoms with Crippen molar-refractivity contribution < 1.29 is 0 Å². The minimum absolute atomic E-state index is 0.222. The summed E-state index contributed by atoms with van der Waals surface area (Å²) in [4.78, 5) is 4.67. The van der Waals surface area contributed by atoms with Gasteiger partial charge in [0, 0.05) is 10.9 Å². The summed E-state index contributed by atoms with van der Waals surface area (Å²) in [6, 6.07) is 8.91. The third kappa shape index (κ3) is 6.95. The van der Waals surface area contributed by atoms with Crippen molar-refractivity contribution in [1.82, 2.24) is 10.3 Å². The molecule has 0 unspecified atom stereocenters. The average molecular weight is 356 g/mol. The molecule has 2 rings (SSSR count). The topological polar surface area (TPSA) is 50.9 Å². The highest BCUT2D eigenvalue weighted by atomic mass is 14.9. The third-order valence-corrected chi connectivity index (χ3v) is 4.84. The summed E-state index contributed by atoms with van der Waals surface area (Å²) in [6.07, 6.45) is 9.54. The van der Waals surface area contributed by atoms with Crippen molar-refractivity contribution in [1.29, 1.82) is 0 Å². The number of nitrogens with zero attached hydrogens (tertiary/aromatic N) is 1. The number of hydrogen-bond donors (Lipinski definition) is 2. The van der Waals surface area contributed by atoms with Crippen LogP contribution in [0.5, 0.6) is 0 Å². The van der Waals surface area contributed by atoms with E-state index in [1.165, 1.54) is 55.0 Å². The summed E-state index contributed by atoms with van der Waals surface area (Å²) < 4.78 is 0. The summed E-state index contributed by atoms with van der Waals surface area (Å²) in [5, 5.41) is 4.76. The van der Waals surface area contributed by atoms with E-state index < -0.39 is 0 Å². The molecule has 0 spiro atoms. The van der Waals surface area contributed by atoms with E-state index in [1.807, 2.05) is 0 Å². The van der Waals surface area contributed by atoms with Crippen molar-refractivity contribution in [2.24, 2.45) is 0 Å². The number of nitrogen functional groups attached to an aromatic ring is 1. The predicted molar refractivity (Wildman–Crippen MR) is 115 cm³/mol. The van der Waals surface area contributed by atoms with Gasteiger partial charge in [-0.3, -0.25) is 0 Å². The van der Waals surface area contributed by atoms with Crippen molar-refractivity contribution in [3.8, 4) is 0 Å². The molecular formula is C23H37N3. The molecule has 144 valence electrons. The van der Waals surface area contributed by atoms with Crippen LogP contribution in [0.3, 0.4) is 0 Å². The number of anilines is 1. The average Bonchev–Trinajstić information content (AvgIpc) is 2.57. The van der Waals surface area contributed by atoms with Gasteiger partial charge in [0.05, 0.1) is 5.52 Å². The molecular weight excluding hydrogens is 318 g/mol. The first kappa shape index (κ1) is 20.7. The van der Waals surface area contributed by atoms with E-state index >= 15 is 0 Å². The number of aryl methyl sites for hydroxylation is 2. The number of pyridine rings is 1. The lowest BCUT2D eigenvalue weighted by Gasteiger charge is -2.20. The summed E-state index contributed by atoms with van der Waals surface area (Å²) in [5.74, 6) is 0.707. The second-order valence-corrected chi connectivity index (χ2v) is 8.50. The van der Waals surface area contributed by atoms with Gasteiger partial charge in [0.15, 0.2) is 0 Å². The Kier molecular flexibility index (Phi) is 7.89. The second kappa shape index (κ2) is 9.91. The fourth-order valence-corrected chi connectivity index (χ4v) is 3.29. The molecule has 1 aromatic carbocycles. The van der Waals surface area contributed by atoms with E-state index in [4.69, 9.17) is 5.73 Å². The summed E-state index contributed by atoms with van der Waals surface area (Å²) >= 11 is 0. The van der Waals surface area contributed by atoms with E-state index in [-0.39, 0.29) is 5.54 Å². The van der Waals surface area contributed by atoms with Gasteiger partial charge in [-0.2, -0.15) is 0 Å². The Morgan fingerprint density at radius 1 is 0.962 bits per heavy atom. The molecule has 3 N–H and O–H groups in total. The number of aromatic nitrogens is 1. The fourth-order valence-electron chi connectivity index (χ4n) is 3.29. The van der Waals surface area contributed by atoms with Crippen LogP contribution in [-0.2, 0) is 12.8 Å². The van der Waals surface area contributed by atoms with Crippen LogP contribution in [-0.4, -0.2) is 17.1 Å². The minimum Gasteiger partial charge on any atom is -0.383 e. The SMILES string of the molecule is CCCCCc1cc2ccc(CCCCCNC(C)(C)C)cc2nc1N. The number of nitrogens with two attached hydrogens (primary N) is 1. The maximum atomic E-state index is 6.19. The molecule has 0 bridgehead atoms. The van der Waals surface area contributed by atoms with Crippen LogP contribution in [0.25, 0.3) is 10.9 Å². The Morgan fingerprint density at radius 2 is 1.73 bits per heavy atom. The smallest absolute Gasteiger partial charge is 0.127 e. The van der Waals surface area contributed by atoms with Gasteiger partial charge in [0.25, 0.3) is 0 Å². The molecule has 3 heteroatoms. The zero-order valence-corrected chi connectivity index (χ0v) is 17.2. The Morgan fingerprint density at radius 3 is 2.46 bits per heavy atom. The number of hydrogen-bond acceptors (Lipinski definition) is 3. The maximum Gasteiger partial charge on any atom is 0.127 e. The molecule has 0 atom stereocenters. The van der Waals surface area contributed by atoms with Gasteiger partial charge in [0.2, 0.25) is 0 Å². The van der Waals surface area contributed by atoms with Crippen molar-refractivity contribution in [3.05, 3.63) is 35.4 Å². The number of unbranched alkanes of at least 4 members (excludes halogenated alkanes) is 4. The first-order valence-corrected chi connectivity index (χ1v) is 10.3. The molecule has 0 amide bonds. The van der Waals surface area contributed by atoms with Crippen molar-refractivity contribution in [2.75, 3.05) is 12.3 Å². The van der Waals surface area contributed by atoms with Crippen LogP contribution in [0.1, 0.15) is 77.3 Å². The molecule has 0 saturated heterocycles. The molecule has 1 heterocycles. The molecule has 0 aliphatic rings. The van der Waals surface area contributed by atoms with Crippen LogP contribution in [0.2, 0.25) is 0 Å². The largest absolute Gasteiger partial charge is 0.383 e. The summed E-state index contributed by atoms with van der Waals surface area (Å²) in [7, 11) is 0. The Hall–Kier alpha value is -1.61. The standard InChI is InChI=1S/C23H37N3/c1-5-6-8-12-20-17-19-14-13-18(16-21(19)26-22(20)24)11-9-7-10-15-25-23(2,3)4/h13-14,16-17,25H,5-12,15H2,1-4H3,(H2,24,26). The van der Waals surface area contributed by atoms with Gasteiger partial charge in [-0.1, -0.05) is 38.3 Å². The molecule has 0 fully saturated rings. The van der Waals surface area contributed by atoms with Crippen LogP contribution < -0.4 is 11.1 Å². The van der Waals surface area contributed by atoms with Crippen LogP contribution in [0.4, 0.5) is 5.82 Å². The molecule has 2 aromatic rings. The quantitative estimate of drug-likeness (QED) is 0.541. The normalized spacial score (nSPS) is 12.0. The first-order valence-electron chi connectivity index (χ1n) is 10.3. The molecule has 0 saturated carbocycles. The summed E-state index contributed by atoms with van der Waals surface area (Å²) in [5.41, 5.74) is 10.0. The van der Waals surface area contributed by atoms with E-state index in [2.05, 4.69) is 62.3 Å². The van der Waals surface area contributed by atoms with Crippen molar-refractivity contribution >= 4 is 16.7 Å². The van der Waals surface area contributed by atoms with Gasteiger partial charge in [-0.25, -0.2) is 4.98 Å². The zero-order valence-electron chi connectivity index (χ0n) is 17.2. The Labute approximate surface area is 159 Å². The lowest BCUT2D eigenvalue weighted by molar-refractivity contribution is 0.417. The number of benzene rings is 1. The molecule has 26 heavy (non-hydrogen) atoms. The highest BCUT2D eigenvalue weighted by Crippen LogP contribution is 2.22. The third-order valence-electron chi connectivity index (χ3n) is 4.84. The lowest BCUT2D eigenvalue weighted by Crippen LogP contribution is -2.36. The van der Waals surface area contributed by atoms with Crippen LogP contribution >= 0.6 is 0 Å². The monoisotopic (exact) mass is 355 g/mol. The fraction of sp³-hybridized carbons (Fsp3) is 0.609. The van der Waals surface area contributed by atoms with Gasteiger partial charge in [-0.05, 0) is 82.7 Å². The molecule has 0 aliphatic heterocycles. The Bertz CT molecular complexity index is 686. The van der Waals surface area contributed by atoms with Crippen LogP contribution in [0.15, 0.2) is 24.3 Å².